The monoisotopic (exact) mass is 330 g/mol. The smallest absolute Gasteiger partial charge is 0.320 e. The molecule has 130 valence electrons. The Kier molecular flexibility index (Phi) is 4.16. The van der Waals surface area contributed by atoms with Crippen molar-refractivity contribution in [2.24, 2.45) is 5.41 Å². The van der Waals surface area contributed by atoms with Gasteiger partial charge in [0.2, 0.25) is 5.95 Å². The van der Waals surface area contributed by atoms with Crippen LogP contribution in [0.2, 0.25) is 0 Å². The van der Waals surface area contributed by atoms with E-state index in [2.05, 4.69) is 21.3 Å². The van der Waals surface area contributed by atoms with Gasteiger partial charge in [-0.1, -0.05) is 12.8 Å². The Bertz CT molecular complexity index is 607. The van der Waals surface area contributed by atoms with E-state index in [9.17, 15) is 9.90 Å². The van der Waals surface area contributed by atoms with Crippen molar-refractivity contribution in [1.29, 1.82) is 0 Å². The fourth-order valence-corrected chi connectivity index (χ4v) is 4.62. The number of carboxylic acid groups (broad SMARTS) is 1. The zero-order chi connectivity index (χ0) is 16.6. The molecule has 24 heavy (non-hydrogen) atoms. The molecule has 2 aliphatic heterocycles. The fourth-order valence-electron chi connectivity index (χ4n) is 4.62. The Hall–Kier alpha value is -1.69. The number of carbonyl (C=O) groups is 1. The third-order valence-corrected chi connectivity index (χ3v) is 6.20. The summed E-state index contributed by atoms with van der Waals surface area (Å²) in [5, 5.41) is 12.4. The van der Waals surface area contributed by atoms with Gasteiger partial charge in [-0.2, -0.15) is 0 Å². The maximum absolute atomic E-state index is 11.2. The molecule has 3 fully saturated rings. The minimum absolute atomic E-state index is 0.141. The van der Waals surface area contributed by atoms with E-state index >= 15 is 0 Å². The van der Waals surface area contributed by atoms with E-state index in [1.54, 1.807) is 0 Å². The molecule has 1 atom stereocenters. The number of anilines is 1. The molecular formula is C18H26N4O2. The van der Waals surface area contributed by atoms with Crippen molar-refractivity contribution in [3.63, 3.8) is 0 Å². The van der Waals surface area contributed by atoms with E-state index in [0.717, 1.165) is 44.8 Å². The van der Waals surface area contributed by atoms with Gasteiger partial charge in [-0.3, -0.25) is 4.79 Å². The van der Waals surface area contributed by atoms with Gasteiger partial charge < -0.3 is 15.3 Å². The molecule has 1 aromatic heterocycles. The van der Waals surface area contributed by atoms with Gasteiger partial charge in [-0.15, -0.1) is 0 Å². The maximum Gasteiger partial charge on any atom is 0.320 e. The molecule has 0 unspecified atom stereocenters. The number of hydrogen-bond donors (Lipinski definition) is 2. The van der Waals surface area contributed by atoms with Crippen LogP contribution in [0.3, 0.4) is 0 Å². The van der Waals surface area contributed by atoms with Crippen LogP contribution in [-0.4, -0.2) is 46.7 Å². The lowest BCUT2D eigenvalue weighted by molar-refractivity contribution is -0.139. The third kappa shape index (κ3) is 2.99. The predicted molar refractivity (Wildman–Crippen MR) is 91.2 cm³/mol. The number of rotatable bonds is 3. The number of piperidine rings is 1. The summed E-state index contributed by atoms with van der Waals surface area (Å²) in [6, 6.07) is 1.70. The van der Waals surface area contributed by atoms with Gasteiger partial charge in [0.1, 0.15) is 6.04 Å². The van der Waals surface area contributed by atoms with E-state index in [1.165, 1.54) is 31.4 Å². The van der Waals surface area contributed by atoms with Crippen molar-refractivity contribution >= 4 is 11.9 Å². The van der Waals surface area contributed by atoms with Crippen LogP contribution in [0.25, 0.3) is 0 Å². The molecule has 0 radical (unpaired) electrons. The highest BCUT2D eigenvalue weighted by molar-refractivity contribution is 5.74. The molecular weight excluding hydrogens is 304 g/mol. The number of carboxylic acids is 1. The first-order valence-corrected chi connectivity index (χ1v) is 9.19. The number of nitrogens with one attached hydrogen (secondary N) is 1. The Morgan fingerprint density at radius 3 is 2.71 bits per heavy atom. The van der Waals surface area contributed by atoms with Crippen molar-refractivity contribution in [2.75, 3.05) is 24.5 Å². The SMILES string of the molecule is O=C(O)[C@@H]1CC2(CCN(c3nccc(C4CCCC4)n3)CC2)CN1. The average Bonchev–Trinajstić information content (AvgIpc) is 3.26. The average molecular weight is 330 g/mol. The van der Waals surface area contributed by atoms with Gasteiger partial charge in [-0.05, 0) is 43.6 Å². The van der Waals surface area contributed by atoms with E-state index in [-0.39, 0.29) is 11.5 Å². The lowest BCUT2D eigenvalue weighted by atomic mass is 9.76. The van der Waals surface area contributed by atoms with Gasteiger partial charge in [0, 0.05) is 37.4 Å². The standard InChI is InChI=1S/C18H26N4O2/c23-16(24)15-11-18(12-20-15)6-9-22(10-7-18)17-19-8-5-14(21-17)13-3-1-2-4-13/h5,8,13,15,20H,1-4,6-7,9-12H2,(H,23,24)/t15-/m0/s1. The third-order valence-electron chi connectivity index (χ3n) is 6.20. The summed E-state index contributed by atoms with van der Waals surface area (Å²) >= 11 is 0. The Morgan fingerprint density at radius 1 is 1.29 bits per heavy atom. The second-order valence-corrected chi connectivity index (χ2v) is 7.73. The van der Waals surface area contributed by atoms with Gasteiger partial charge in [0.25, 0.3) is 0 Å². The largest absolute Gasteiger partial charge is 0.480 e. The predicted octanol–water partition coefficient (Wildman–Crippen LogP) is 2.17. The van der Waals surface area contributed by atoms with Crippen LogP contribution in [0, 0.1) is 5.41 Å². The highest BCUT2D eigenvalue weighted by Gasteiger charge is 2.43. The first-order valence-electron chi connectivity index (χ1n) is 9.19. The van der Waals surface area contributed by atoms with E-state index in [0.29, 0.717) is 5.92 Å². The molecule has 1 spiro atoms. The summed E-state index contributed by atoms with van der Waals surface area (Å²) in [6.07, 6.45) is 9.81. The van der Waals surface area contributed by atoms with Crippen molar-refractivity contribution in [3.8, 4) is 0 Å². The van der Waals surface area contributed by atoms with Gasteiger partial charge in [-0.25, -0.2) is 9.97 Å². The molecule has 3 aliphatic rings. The van der Waals surface area contributed by atoms with Crippen molar-refractivity contribution < 1.29 is 9.90 Å². The molecule has 6 heteroatoms. The first-order chi connectivity index (χ1) is 11.7. The van der Waals surface area contributed by atoms with Crippen LogP contribution in [0.5, 0.6) is 0 Å². The summed E-state index contributed by atoms with van der Waals surface area (Å²) in [6.45, 7) is 2.66. The molecule has 6 nitrogen and oxygen atoms in total. The van der Waals surface area contributed by atoms with Crippen LogP contribution >= 0.6 is 0 Å². The number of hydrogen-bond acceptors (Lipinski definition) is 5. The number of aliphatic carboxylic acids is 1. The van der Waals surface area contributed by atoms with Gasteiger partial charge >= 0.3 is 5.97 Å². The molecule has 1 saturated carbocycles. The topological polar surface area (TPSA) is 78.3 Å². The summed E-state index contributed by atoms with van der Waals surface area (Å²) < 4.78 is 0. The summed E-state index contributed by atoms with van der Waals surface area (Å²) in [7, 11) is 0. The number of nitrogens with zero attached hydrogens (tertiary/aromatic N) is 3. The second-order valence-electron chi connectivity index (χ2n) is 7.73. The lowest BCUT2D eigenvalue weighted by Crippen LogP contribution is -2.42. The van der Waals surface area contributed by atoms with E-state index < -0.39 is 5.97 Å². The molecule has 0 bridgehead atoms. The van der Waals surface area contributed by atoms with Crippen LogP contribution in [0.4, 0.5) is 5.95 Å². The van der Waals surface area contributed by atoms with E-state index in [4.69, 9.17) is 4.98 Å². The van der Waals surface area contributed by atoms with Crippen LogP contribution < -0.4 is 10.2 Å². The molecule has 0 aromatic carbocycles. The van der Waals surface area contributed by atoms with Crippen LogP contribution in [0.1, 0.15) is 56.6 Å². The highest BCUT2D eigenvalue weighted by Crippen LogP contribution is 2.40. The van der Waals surface area contributed by atoms with Crippen molar-refractivity contribution in [3.05, 3.63) is 18.0 Å². The van der Waals surface area contributed by atoms with Crippen LogP contribution in [0.15, 0.2) is 12.3 Å². The highest BCUT2D eigenvalue weighted by atomic mass is 16.4. The van der Waals surface area contributed by atoms with E-state index in [1.807, 2.05) is 6.20 Å². The minimum Gasteiger partial charge on any atom is -0.480 e. The van der Waals surface area contributed by atoms with Crippen molar-refractivity contribution in [2.45, 2.75) is 56.9 Å². The molecule has 4 rings (SSSR count). The molecule has 3 heterocycles. The van der Waals surface area contributed by atoms with Gasteiger partial charge in [0.05, 0.1) is 0 Å². The fraction of sp³-hybridized carbons (Fsp3) is 0.722. The summed E-state index contributed by atoms with van der Waals surface area (Å²) in [5.74, 6) is 0.745. The maximum atomic E-state index is 11.2. The number of aromatic nitrogens is 2. The Labute approximate surface area is 142 Å². The summed E-state index contributed by atoms with van der Waals surface area (Å²) in [5.41, 5.74) is 1.34. The Balaban J connectivity index is 1.41. The zero-order valence-corrected chi connectivity index (χ0v) is 14.1. The first kappa shape index (κ1) is 15.8. The molecule has 0 amide bonds. The normalized spacial score (nSPS) is 27.0. The summed E-state index contributed by atoms with van der Waals surface area (Å²) in [4.78, 5) is 22.8. The Morgan fingerprint density at radius 2 is 2.04 bits per heavy atom. The molecule has 2 N–H and O–H groups in total. The molecule has 1 aromatic rings. The zero-order valence-electron chi connectivity index (χ0n) is 14.1. The second kappa shape index (κ2) is 6.31. The molecule has 1 aliphatic carbocycles. The van der Waals surface area contributed by atoms with Crippen LogP contribution in [-0.2, 0) is 4.79 Å². The molecule has 2 saturated heterocycles. The minimum atomic E-state index is -0.720. The lowest BCUT2D eigenvalue weighted by Gasteiger charge is -2.39. The van der Waals surface area contributed by atoms with Gasteiger partial charge in [0.15, 0.2) is 0 Å². The quantitative estimate of drug-likeness (QED) is 0.884. The van der Waals surface area contributed by atoms with Crippen molar-refractivity contribution in [1.82, 2.24) is 15.3 Å².